The quantitative estimate of drug-likeness (QED) is 0.592. The second kappa shape index (κ2) is 4.53. The van der Waals surface area contributed by atoms with Gasteiger partial charge in [-0.25, -0.2) is 4.98 Å². The summed E-state index contributed by atoms with van der Waals surface area (Å²) in [6.45, 7) is 0.638. The van der Waals surface area contributed by atoms with Crippen LogP contribution in [-0.4, -0.2) is 4.98 Å². The van der Waals surface area contributed by atoms with Crippen molar-refractivity contribution in [1.82, 2.24) is 10.4 Å². The zero-order valence-electron chi connectivity index (χ0n) is 6.86. The molecule has 3 nitrogen and oxygen atoms in total. The third-order valence-corrected chi connectivity index (χ3v) is 2.63. The summed E-state index contributed by atoms with van der Waals surface area (Å²) in [5, 5.41) is 1.03. The predicted octanol–water partition coefficient (Wildman–Crippen LogP) is 1.68. The Bertz CT molecular complexity index is 355. The maximum Gasteiger partial charge on any atom is 0.109 e. The van der Waals surface area contributed by atoms with E-state index in [9.17, 15) is 0 Å². The summed E-state index contributed by atoms with van der Waals surface area (Å²) >= 11 is 1.67. The molecular weight excluding hydrogens is 206 g/mol. The Hall–Kier alpha value is -0.680. The minimum atomic E-state index is 0. The van der Waals surface area contributed by atoms with Crippen molar-refractivity contribution in [2.75, 3.05) is 0 Å². The summed E-state index contributed by atoms with van der Waals surface area (Å²) in [5.41, 5.74) is 3.64. The topological polar surface area (TPSA) is 50.9 Å². The Morgan fingerprint density at radius 1 is 1.38 bits per heavy atom. The van der Waals surface area contributed by atoms with Crippen LogP contribution in [0.15, 0.2) is 24.3 Å². The minimum absolute atomic E-state index is 0. The van der Waals surface area contributed by atoms with Gasteiger partial charge in [-0.2, -0.15) is 0 Å². The minimum Gasteiger partial charge on any atom is -0.271 e. The summed E-state index contributed by atoms with van der Waals surface area (Å²) in [5.74, 6) is 5.20. The van der Waals surface area contributed by atoms with Crippen LogP contribution in [0.4, 0.5) is 0 Å². The fraction of sp³-hybridized carbons (Fsp3) is 0.125. The Kier molecular flexibility index (Phi) is 3.62. The number of hydrazine groups is 1. The number of hydrogen-bond donors (Lipinski definition) is 2. The maximum atomic E-state index is 5.20. The lowest BCUT2D eigenvalue weighted by molar-refractivity contribution is 0.738. The molecule has 0 atom stereocenters. The monoisotopic (exact) mass is 215 g/mol. The molecule has 2 aromatic rings. The van der Waals surface area contributed by atoms with Gasteiger partial charge < -0.3 is 0 Å². The van der Waals surface area contributed by atoms with E-state index in [0.29, 0.717) is 6.54 Å². The van der Waals surface area contributed by atoms with E-state index >= 15 is 0 Å². The number of aromatic nitrogens is 1. The molecule has 0 aliphatic heterocycles. The fourth-order valence-corrected chi connectivity index (χ4v) is 2.00. The van der Waals surface area contributed by atoms with Crippen LogP contribution in [0.25, 0.3) is 10.2 Å². The van der Waals surface area contributed by atoms with Crippen LogP contribution in [0.2, 0.25) is 0 Å². The fourth-order valence-electron chi connectivity index (χ4n) is 1.08. The number of hydrogen-bond acceptors (Lipinski definition) is 4. The predicted molar refractivity (Wildman–Crippen MR) is 57.9 cm³/mol. The molecule has 1 aromatic carbocycles. The Balaban J connectivity index is 0.000000845. The Morgan fingerprint density at radius 3 is 2.85 bits per heavy atom. The number of para-hydroxylation sites is 1. The van der Waals surface area contributed by atoms with Crippen molar-refractivity contribution < 1.29 is 0 Å². The summed E-state index contributed by atoms with van der Waals surface area (Å²) < 4.78 is 1.21. The smallest absolute Gasteiger partial charge is 0.109 e. The van der Waals surface area contributed by atoms with Crippen molar-refractivity contribution in [2.45, 2.75) is 6.54 Å². The SMILES string of the molecule is Cl.NNCc1nc2ccccc2s1. The maximum absolute atomic E-state index is 5.20. The van der Waals surface area contributed by atoms with Crippen LogP contribution >= 0.6 is 23.7 Å². The molecule has 0 amide bonds. The number of nitrogens with two attached hydrogens (primary N) is 1. The molecule has 13 heavy (non-hydrogen) atoms. The van der Waals surface area contributed by atoms with Crippen molar-refractivity contribution >= 4 is 34.0 Å². The first kappa shape index (κ1) is 10.4. The highest BCUT2D eigenvalue weighted by molar-refractivity contribution is 7.18. The van der Waals surface area contributed by atoms with Gasteiger partial charge in [0.2, 0.25) is 0 Å². The van der Waals surface area contributed by atoms with Gasteiger partial charge in [0.1, 0.15) is 5.01 Å². The van der Waals surface area contributed by atoms with Crippen molar-refractivity contribution in [2.24, 2.45) is 5.84 Å². The van der Waals surface area contributed by atoms with Gasteiger partial charge in [-0.15, -0.1) is 23.7 Å². The van der Waals surface area contributed by atoms with Crippen LogP contribution in [0, 0.1) is 0 Å². The summed E-state index contributed by atoms with van der Waals surface area (Å²) in [4.78, 5) is 4.38. The van der Waals surface area contributed by atoms with Gasteiger partial charge in [0, 0.05) is 0 Å². The molecule has 0 spiro atoms. The summed E-state index contributed by atoms with van der Waals surface area (Å²) in [7, 11) is 0. The zero-order chi connectivity index (χ0) is 8.39. The number of thiazole rings is 1. The molecule has 0 fully saturated rings. The number of nitrogens with one attached hydrogen (secondary N) is 1. The molecule has 0 bridgehead atoms. The van der Waals surface area contributed by atoms with E-state index in [2.05, 4.69) is 16.5 Å². The molecule has 70 valence electrons. The number of fused-ring (bicyclic) bond motifs is 1. The second-order valence-electron chi connectivity index (χ2n) is 2.46. The standard InChI is InChI=1S/C8H9N3S.ClH/c9-10-5-8-11-6-3-1-2-4-7(6)12-8;/h1-4,10H,5,9H2;1H. The molecule has 1 aromatic heterocycles. The van der Waals surface area contributed by atoms with Crippen molar-refractivity contribution in [3.63, 3.8) is 0 Å². The average molecular weight is 216 g/mol. The van der Waals surface area contributed by atoms with Crippen molar-refractivity contribution in [1.29, 1.82) is 0 Å². The van der Waals surface area contributed by atoms with Gasteiger partial charge in [-0.05, 0) is 12.1 Å². The molecule has 0 radical (unpaired) electrons. The molecule has 0 aliphatic carbocycles. The first-order chi connectivity index (χ1) is 5.90. The molecule has 0 aliphatic rings. The molecule has 0 unspecified atom stereocenters. The molecule has 3 N–H and O–H groups in total. The van der Waals surface area contributed by atoms with E-state index in [0.717, 1.165) is 10.5 Å². The average Bonchev–Trinajstić information content (AvgIpc) is 2.47. The normalized spacial score (nSPS) is 9.92. The van der Waals surface area contributed by atoms with E-state index in [1.807, 2.05) is 18.2 Å². The lowest BCUT2D eigenvalue weighted by atomic mass is 10.3. The van der Waals surface area contributed by atoms with E-state index in [4.69, 9.17) is 5.84 Å². The van der Waals surface area contributed by atoms with Crippen molar-refractivity contribution in [3.05, 3.63) is 29.3 Å². The first-order valence-electron chi connectivity index (χ1n) is 3.68. The first-order valence-corrected chi connectivity index (χ1v) is 4.50. The highest BCUT2D eigenvalue weighted by atomic mass is 35.5. The highest BCUT2D eigenvalue weighted by Gasteiger charge is 2.00. The van der Waals surface area contributed by atoms with E-state index in [-0.39, 0.29) is 12.4 Å². The molecule has 2 rings (SSSR count). The van der Waals surface area contributed by atoms with Gasteiger partial charge in [0.25, 0.3) is 0 Å². The Labute approximate surface area is 86.4 Å². The van der Waals surface area contributed by atoms with Crippen LogP contribution in [0.1, 0.15) is 5.01 Å². The molecule has 0 saturated carbocycles. The lowest BCUT2D eigenvalue weighted by Gasteiger charge is -1.88. The van der Waals surface area contributed by atoms with E-state index in [1.54, 1.807) is 11.3 Å². The molecule has 5 heteroatoms. The van der Waals surface area contributed by atoms with Crippen LogP contribution in [0.5, 0.6) is 0 Å². The van der Waals surface area contributed by atoms with E-state index in [1.165, 1.54) is 4.70 Å². The van der Waals surface area contributed by atoms with E-state index < -0.39 is 0 Å². The van der Waals surface area contributed by atoms with Gasteiger partial charge in [0.15, 0.2) is 0 Å². The highest BCUT2D eigenvalue weighted by Crippen LogP contribution is 2.20. The third-order valence-electron chi connectivity index (χ3n) is 1.59. The molecule has 0 saturated heterocycles. The number of halogens is 1. The van der Waals surface area contributed by atoms with Crippen LogP contribution in [-0.2, 0) is 6.54 Å². The van der Waals surface area contributed by atoms with Gasteiger partial charge in [0.05, 0.1) is 16.8 Å². The van der Waals surface area contributed by atoms with Gasteiger partial charge in [-0.3, -0.25) is 11.3 Å². The lowest BCUT2D eigenvalue weighted by Crippen LogP contribution is -2.20. The molecule has 1 heterocycles. The number of rotatable bonds is 2. The zero-order valence-corrected chi connectivity index (χ0v) is 8.49. The van der Waals surface area contributed by atoms with Crippen LogP contribution in [0.3, 0.4) is 0 Å². The second-order valence-corrected chi connectivity index (χ2v) is 3.57. The summed E-state index contributed by atoms with van der Waals surface area (Å²) in [6, 6.07) is 8.07. The third kappa shape index (κ3) is 2.16. The number of benzene rings is 1. The number of nitrogens with zero attached hydrogens (tertiary/aromatic N) is 1. The van der Waals surface area contributed by atoms with Crippen molar-refractivity contribution in [3.8, 4) is 0 Å². The van der Waals surface area contributed by atoms with Gasteiger partial charge >= 0.3 is 0 Å². The largest absolute Gasteiger partial charge is 0.271 e. The van der Waals surface area contributed by atoms with Gasteiger partial charge in [-0.1, -0.05) is 12.1 Å². The van der Waals surface area contributed by atoms with Crippen LogP contribution < -0.4 is 11.3 Å². The molecular formula is C8H10ClN3S. The Morgan fingerprint density at radius 2 is 2.15 bits per heavy atom. The summed E-state index contributed by atoms with van der Waals surface area (Å²) in [6.07, 6.45) is 0.